The summed E-state index contributed by atoms with van der Waals surface area (Å²) < 4.78 is 1.70. The van der Waals surface area contributed by atoms with Crippen LogP contribution in [0, 0.1) is 6.92 Å². The summed E-state index contributed by atoms with van der Waals surface area (Å²) in [5, 5.41) is 12.9. The molecule has 0 spiro atoms. The van der Waals surface area contributed by atoms with E-state index in [0.29, 0.717) is 19.6 Å². The zero-order valence-electron chi connectivity index (χ0n) is 14.6. The van der Waals surface area contributed by atoms with E-state index in [-0.39, 0.29) is 11.6 Å². The van der Waals surface area contributed by atoms with E-state index < -0.39 is 11.3 Å². The van der Waals surface area contributed by atoms with Gasteiger partial charge in [-0.15, -0.1) is 0 Å². The Bertz CT molecular complexity index is 808. The maximum atomic E-state index is 13.1. The Hall–Kier alpha value is -2.67. The molecule has 0 atom stereocenters. The lowest BCUT2D eigenvalue weighted by Gasteiger charge is -2.35. The van der Waals surface area contributed by atoms with Crippen molar-refractivity contribution >= 4 is 11.8 Å². The summed E-state index contributed by atoms with van der Waals surface area (Å²) in [5.74, 6) is -0.614. The van der Waals surface area contributed by atoms with E-state index in [1.807, 2.05) is 45.0 Å². The number of hydrogen-bond donors (Lipinski definition) is 2. The topological polar surface area (TPSA) is 87.5 Å². The summed E-state index contributed by atoms with van der Waals surface area (Å²) in [5.41, 5.74) is 3.99. The van der Waals surface area contributed by atoms with E-state index in [1.165, 1.54) is 0 Å². The van der Waals surface area contributed by atoms with Gasteiger partial charge in [0.05, 0.1) is 24.2 Å². The lowest BCUT2D eigenvalue weighted by molar-refractivity contribution is -0.137. The molecular formula is C18H22N4O3. The van der Waals surface area contributed by atoms with Gasteiger partial charge in [-0.2, -0.15) is 5.10 Å². The molecule has 2 heterocycles. The molecule has 0 saturated heterocycles. The number of nitrogens with zero attached hydrogens (tertiary/aromatic N) is 3. The minimum Gasteiger partial charge on any atom is -0.334 e. The molecule has 1 aliphatic rings. The van der Waals surface area contributed by atoms with Gasteiger partial charge < -0.3 is 4.90 Å². The van der Waals surface area contributed by atoms with Gasteiger partial charge in [-0.05, 0) is 32.4 Å². The lowest BCUT2D eigenvalue weighted by atomic mass is 9.82. The van der Waals surface area contributed by atoms with E-state index in [0.717, 1.165) is 16.8 Å². The van der Waals surface area contributed by atoms with Crippen LogP contribution in [0.2, 0.25) is 0 Å². The number of benzene rings is 1. The quantitative estimate of drug-likeness (QED) is 0.656. The maximum Gasteiger partial charge on any atom is 0.295 e. The Balaban J connectivity index is 1.81. The SMILES string of the molecule is Cc1ccc(C(C)(C)C(=O)N2CCn3nc(C(=O)NO)cc3C2)cc1. The molecule has 0 aliphatic carbocycles. The largest absolute Gasteiger partial charge is 0.334 e. The first-order valence-corrected chi connectivity index (χ1v) is 8.20. The van der Waals surface area contributed by atoms with E-state index >= 15 is 0 Å². The third kappa shape index (κ3) is 3.15. The van der Waals surface area contributed by atoms with Crippen molar-refractivity contribution in [3.05, 3.63) is 52.8 Å². The average Bonchev–Trinajstić information content (AvgIpc) is 3.03. The number of carbonyl (C=O) groups is 2. The van der Waals surface area contributed by atoms with E-state index in [2.05, 4.69) is 5.10 Å². The predicted molar refractivity (Wildman–Crippen MR) is 91.1 cm³/mol. The van der Waals surface area contributed by atoms with Crippen molar-refractivity contribution in [2.75, 3.05) is 6.54 Å². The fourth-order valence-corrected chi connectivity index (χ4v) is 3.10. The molecule has 2 amide bonds. The Morgan fingerprint density at radius 1 is 1.20 bits per heavy atom. The summed E-state index contributed by atoms with van der Waals surface area (Å²) in [6.07, 6.45) is 0. The second kappa shape index (κ2) is 6.33. The summed E-state index contributed by atoms with van der Waals surface area (Å²) in [6.45, 7) is 7.31. The molecule has 1 aliphatic heterocycles. The van der Waals surface area contributed by atoms with Crippen LogP contribution in [0.3, 0.4) is 0 Å². The molecule has 0 bridgehead atoms. The molecule has 0 radical (unpaired) electrons. The van der Waals surface area contributed by atoms with E-state index in [1.54, 1.807) is 21.1 Å². The van der Waals surface area contributed by atoms with Gasteiger partial charge in [0.15, 0.2) is 5.69 Å². The molecule has 0 saturated carbocycles. The van der Waals surface area contributed by atoms with Crippen LogP contribution in [-0.2, 0) is 23.3 Å². The fraction of sp³-hybridized carbons (Fsp3) is 0.389. The van der Waals surface area contributed by atoms with Crippen molar-refractivity contribution in [1.82, 2.24) is 20.2 Å². The van der Waals surface area contributed by atoms with Gasteiger partial charge in [-0.1, -0.05) is 29.8 Å². The molecule has 2 aromatic rings. The Kier molecular flexibility index (Phi) is 4.34. The summed E-state index contributed by atoms with van der Waals surface area (Å²) in [4.78, 5) is 26.4. The number of hydrogen-bond acceptors (Lipinski definition) is 4. The van der Waals surface area contributed by atoms with Crippen LogP contribution in [-0.4, -0.2) is 38.2 Å². The highest BCUT2D eigenvalue weighted by molar-refractivity contribution is 5.91. The normalized spacial score (nSPS) is 14.2. The predicted octanol–water partition coefficient (Wildman–Crippen LogP) is 1.63. The van der Waals surface area contributed by atoms with Crippen LogP contribution in [0.5, 0.6) is 0 Å². The number of hydroxylamine groups is 1. The number of amides is 2. The fourth-order valence-electron chi connectivity index (χ4n) is 3.10. The van der Waals surface area contributed by atoms with Crippen molar-refractivity contribution in [2.24, 2.45) is 0 Å². The van der Waals surface area contributed by atoms with Gasteiger partial charge >= 0.3 is 0 Å². The van der Waals surface area contributed by atoms with Gasteiger partial charge in [0, 0.05) is 6.54 Å². The highest BCUT2D eigenvalue weighted by Gasteiger charge is 2.35. The molecule has 0 fully saturated rings. The average molecular weight is 342 g/mol. The Morgan fingerprint density at radius 3 is 2.52 bits per heavy atom. The van der Waals surface area contributed by atoms with Crippen molar-refractivity contribution < 1.29 is 14.8 Å². The summed E-state index contributed by atoms with van der Waals surface area (Å²) in [7, 11) is 0. The van der Waals surface area contributed by atoms with E-state index in [9.17, 15) is 9.59 Å². The minimum absolute atomic E-state index is 0.0389. The molecule has 1 aromatic carbocycles. The third-order valence-corrected chi connectivity index (χ3v) is 4.73. The smallest absolute Gasteiger partial charge is 0.295 e. The highest BCUT2D eigenvalue weighted by Crippen LogP contribution is 2.28. The number of aromatic nitrogens is 2. The molecule has 7 heteroatoms. The van der Waals surface area contributed by atoms with Gasteiger partial charge in [-0.25, -0.2) is 5.48 Å². The van der Waals surface area contributed by atoms with Crippen LogP contribution in [0.4, 0.5) is 0 Å². The maximum absolute atomic E-state index is 13.1. The third-order valence-electron chi connectivity index (χ3n) is 4.73. The lowest BCUT2D eigenvalue weighted by Crippen LogP contribution is -2.46. The first-order chi connectivity index (χ1) is 11.8. The second-order valence-electron chi connectivity index (χ2n) is 6.90. The minimum atomic E-state index is -0.653. The van der Waals surface area contributed by atoms with Crippen LogP contribution >= 0.6 is 0 Å². The standard InChI is InChI=1S/C18H22N4O3/c1-12-4-6-13(7-5-12)18(2,3)17(24)21-8-9-22-14(11-21)10-15(19-22)16(23)20-25/h4-7,10,25H,8-9,11H2,1-3H3,(H,20,23). The zero-order valence-corrected chi connectivity index (χ0v) is 14.6. The number of nitrogens with one attached hydrogen (secondary N) is 1. The van der Waals surface area contributed by atoms with Gasteiger partial charge in [0.1, 0.15) is 0 Å². The molecule has 25 heavy (non-hydrogen) atoms. The second-order valence-corrected chi connectivity index (χ2v) is 6.90. The summed E-state index contributed by atoms with van der Waals surface area (Å²) >= 11 is 0. The van der Waals surface area contributed by atoms with Crippen molar-refractivity contribution in [3.63, 3.8) is 0 Å². The number of aryl methyl sites for hydroxylation is 1. The van der Waals surface area contributed by atoms with E-state index in [4.69, 9.17) is 5.21 Å². The number of rotatable bonds is 3. The molecule has 3 rings (SSSR count). The Morgan fingerprint density at radius 2 is 1.88 bits per heavy atom. The highest BCUT2D eigenvalue weighted by atomic mass is 16.5. The zero-order chi connectivity index (χ0) is 18.2. The number of carbonyl (C=O) groups excluding carboxylic acids is 2. The first kappa shape index (κ1) is 17.2. The summed E-state index contributed by atoms with van der Waals surface area (Å²) in [6, 6.07) is 9.60. The van der Waals surface area contributed by atoms with Gasteiger partial charge in [-0.3, -0.25) is 19.5 Å². The van der Waals surface area contributed by atoms with Crippen molar-refractivity contribution in [1.29, 1.82) is 0 Å². The molecular weight excluding hydrogens is 320 g/mol. The van der Waals surface area contributed by atoms with Gasteiger partial charge in [0.2, 0.25) is 5.91 Å². The van der Waals surface area contributed by atoms with Gasteiger partial charge in [0.25, 0.3) is 5.91 Å². The van der Waals surface area contributed by atoms with Crippen LogP contribution in [0.1, 0.15) is 41.2 Å². The monoisotopic (exact) mass is 342 g/mol. The Labute approximate surface area is 146 Å². The van der Waals surface area contributed by atoms with Crippen LogP contribution < -0.4 is 5.48 Å². The molecule has 0 unspecified atom stereocenters. The molecule has 2 N–H and O–H groups in total. The first-order valence-electron chi connectivity index (χ1n) is 8.20. The molecule has 7 nitrogen and oxygen atoms in total. The molecule has 132 valence electrons. The van der Waals surface area contributed by atoms with Crippen LogP contribution in [0.25, 0.3) is 0 Å². The van der Waals surface area contributed by atoms with Crippen molar-refractivity contribution in [3.8, 4) is 0 Å². The van der Waals surface area contributed by atoms with Crippen molar-refractivity contribution in [2.45, 2.75) is 39.3 Å². The molecule has 1 aromatic heterocycles. The van der Waals surface area contributed by atoms with Crippen LogP contribution in [0.15, 0.2) is 30.3 Å². The number of fused-ring (bicyclic) bond motifs is 1.